The Balaban J connectivity index is 1.39. The lowest BCUT2D eigenvalue weighted by Gasteiger charge is -2.39. The van der Waals surface area contributed by atoms with Crippen LogP contribution in [-0.2, 0) is 4.74 Å². The Bertz CT molecular complexity index is 1150. The number of alkyl halides is 1. The number of hydrogen-bond donors (Lipinski definition) is 2. The van der Waals surface area contributed by atoms with Gasteiger partial charge in [-0.3, -0.25) is 4.90 Å². The first kappa shape index (κ1) is 22.2. The highest BCUT2D eigenvalue weighted by Crippen LogP contribution is 2.38. The van der Waals surface area contributed by atoms with E-state index in [1.165, 1.54) is 11.5 Å². The molecule has 0 bridgehead atoms. The highest BCUT2D eigenvalue weighted by molar-refractivity contribution is 7.11. The van der Waals surface area contributed by atoms with Gasteiger partial charge < -0.3 is 15.2 Å². The van der Waals surface area contributed by atoms with Crippen molar-refractivity contribution in [3.63, 3.8) is 0 Å². The number of halogens is 3. The number of aliphatic hydroxyl groups is 1. The number of anilines is 2. The Morgan fingerprint density at radius 2 is 2.16 bits per heavy atom. The number of aliphatic hydroxyl groups excluding tert-OH is 1. The Labute approximate surface area is 198 Å². The van der Waals surface area contributed by atoms with Crippen LogP contribution in [0.3, 0.4) is 0 Å². The summed E-state index contributed by atoms with van der Waals surface area (Å²) in [4.78, 5) is 10.9. The summed E-state index contributed by atoms with van der Waals surface area (Å²) >= 11 is 14.0. The smallest absolute Gasteiger partial charge is 0.228 e. The molecular formula is C21H22Cl2FN5O2S. The maximum absolute atomic E-state index is 15.3. The molecule has 0 spiro atoms. The van der Waals surface area contributed by atoms with Gasteiger partial charge in [-0.2, -0.15) is 4.37 Å². The van der Waals surface area contributed by atoms with Crippen LogP contribution in [0, 0.1) is 6.92 Å². The van der Waals surface area contributed by atoms with Gasteiger partial charge in [-0.15, -0.1) is 0 Å². The van der Waals surface area contributed by atoms with E-state index >= 15 is 4.39 Å². The van der Waals surface area contributed by atoms with Crippen LogP contribution >= 0.6 is 34.7 Å². The zero-order valence-electron chi connectivity index (χ0n) is 17.3. The number of piperidine rings is 1. The summed E-state index contributed by atoms with van der Waals surface area (Å²) < 4.78 is 24.8. The van der Waals surface area contributed by atoms with Crippen molar-refractivity contribution in [1.29, 1.82) is 0 Å². The van der Waals surface area contributed by atoms with Gasteiger partial charge in [-0.25, -0.2) is 14.4 Å². The summed E-state index contributed by atoms with van der Waals surface area (Å²) in [6, 6.07) is 3.49. The molecule has 1 aromatic carbocycles. The van der Waals surface area contributed by atoms with Gasteiger partial charge in [-0.1, -0.05) is 23.2 Å². The van der Waals surface area contributed by atoms with Gasteiger partial charge in [0, 0.05) is 29.1 Å². The molecule has 0 aliphatic carbocycles. The summed E-state index contributed by atoms with van der Waals surface area (Å²) in [7, 11) is 0. The van der Waals surface area contributed by atoms with Crippen LogP contribution in [-0.4, -0.2) is 69.0 Å². The fourth-order valence-electron chi connectivity index (χ4n) is 4.41. The number of aryl methyl sites for hydroxylation is 1. The molecule has 4 heterocycles. The average Bonchev–Trinajstić information content (AvgIpc) is 3.34. The minimum Gasteiger partial charge on any atom is -0.389 e. The number of aromatic nitrogens is 3. The minimum atomic E-state index is -1.11. The van der Waals surface area contributed by atoms with E-state index in [-0.39, 0.29) is 18.5 Å². The molecule has 2 fully saturated rings. The number of ether oxygens (including phenoxy) is 1. The molecule has 2 saturated heterocycles. The van der Waals surface area contributed by atoms with Crippen molar-refractivity contribution in [2.45, 2.75) is 37.6 Å². The second kappa shape index (κ2) is 8.96. The largest absolute Gasteiger partial charge is 0.389 e. The van der Waals surface area contributed by atoms with Gasteiger partial charge >= 0.3 is 0 Å². The molecule has 0 radical (unpaired) electrons. The zero-order valence-corrected chi connectivity index (χ0v) is 19.6. The molecule has 11 heteroatoms. The topological polar surface area (TPSA) is 83.4 Å². The highest BCUT2D eigenvalue weighted by atomic mass is 35.5. The molecule has 2 N–H and O–H groups in total. The molecule has 7 nitrogen and oxygen atoms in total. The number of nitrogens with zero attached hydrogens (tertiary/aromatic N) is 4. The second-order valence-electron chi connectivity index (χ2n) is 8.24. The molecule has 4 atom stereocenters. The summed E-state index contributed by atoms with van der Waals surface area (Å²) in [5, 5.41) is 15.7. The molecule has 5 rings (SSSR count). The maximum Gasteiger partial charge on any atom is 0.228 e. The van der Waals surface area contributed by atoms with Crippen LogP contribution in [0.15, 0.2) is 18.3 Å². The van der Waals surface area contributed by atoms with Crippen LogP contribution in [0.2, 0.25) is 10.0 Å². The number of hydrogen-bond acceptors (Lipinski definition) is 8. The van der Waals surface area contributed by atoms with E-state index in [1.807, 2.05) is 17.9 Å². The molecule has 2 aromatic heterocycles. The minimum absolute atomic E-state index is 0.148. The normalized spacial score (nSPS) is 26.7. The Kier molecular flexibility index (Phi) is 6.21. The summed E-state index contributed by atoms with van der Waals surface area (Å²) in [6.45, 7) is 3.48. The van der Waals surface area contributed by atoms with Crippen LogP contribution in [0.5, 0.6) is 0 Å². The first-order chi connectivity index (χ1) is 15.4. The van der Waals surface area contributed by atoms with E-state index in [0.29, 0.717) is 52.7 Å². The molecule has 0 unspecified atom stereocenters. The summed E-state index contributed by atoms with van der Waals surface area (Å²) in [6.07, 6.45) is 0.604. The number of nitrogens with one attached hydrogen (secondary N) is 1. The van der Waals surface area contributed by atoms with E-state index in [9.17, 15) is 5.11 Å². The van der Waals surface area contributed by atoms with E-state index in [2.05, 4.69) is 19.7 Å². The Hall–Kier alpha value is -1.62. The van der Waals surface area contributed by atoms with Gasteiger partial charge in [0.1, 0.15) is 11.2 Å². The molecule has 3 aromatic rings. The Morgan fingerprint density at radius 3 is 2.84 bits per heavy atom. The van der Waals surface area contributed by atoms with Gasteiger partial charge in [0.05, 0.1) is 41.6 Å². The SMILES string of the molecule is Cc1nsc(Nc2ncc3cc(Cl)c([C@@H]4CCN([C@@H]5COC[C@@H]5O)C[C@H]4F)cc3n2)c1Cl. The zero-order chi connectivity index (χ0) is 22.4. The molecule has 32 heavy (non-hydrogen) atoms. The predicted octanol–water partition coefficient (Wildman–Crippen LogP) is 4.33. The lowest BCUT2D eigenvalue weighted by molar-refractivity contribution is 0.0353. The second-order valence-corrected chi connectivity index (χ2v) is 9.80. The third-order valence-electron chi connectivity index (χ3n) is 6.18. The molecule has 170 valence electrons. The van der Waals surface area contributed by atoms with Crippen molar-refractivity contribution in [1.82, 2.24) is 19.2 Å². The van der Waals surface area contributed by atoms with Crippen LogP contribution in [0.1, 0.15) is 23.6 Å². The molecule has 2 aliphatic rings. The predicted molar refractivity (Wildman–Crippen MR) is 124 cm³/mol. The number of fused-ring (bicyclic) bond motifs is 1. The van der Waals surface area contributed by atoms with Gasteiger partial charge in [0.2, 0.25) is 5.95 Å². The fourth-order valence-corrected chi connectivity index (χ4v) is 5.65. The summed E-state index contributed by atoms with van der Waals surface area (Å²) in [5.74, 6) is 0.0470. The van der Waals surface area contributed by atoms with E-state index in [1.54, 1.807) is 12.3 Å². The maximum atomic E-state index is 15.3. The lowest BCUT2D eigenvalue weighted by Crippen LogP contribution is -2.50. The number of rotatable bonds is 4. The number of benzene rings is 1. The summed E-state index contributed by atoms with van der Waals surface area (Å²) in [5.41, 5.74) is 2.16. The molecule has 2 aliphatic heterocycles. The van der Waals surface area contributed by atoms with Crippen molar-refractivity contribution < 1.29 is 14.2 Å². The average molecular weight is 498 g/mol. The first-order valence-electron chi connectivity index (χ1n) is 10.4. The van der Waals surface area contributed by atoms with Crippen molar-refractivity contribution in [2.75, 3.05) is 31.6 Å². The van der Waals surface area contributed by atoms with Crippen molar-refractivity contribution in [3.8, 4) is 0 Å². The molecule has 0 saturated carbocycles. The fraction of sp³-hybridized carbons (Fsp3) is 0.476. The van der Waals surface area contributed by atoms with Crippen molar-refractivity contribution >= 4 is 56.6 Å². The van der Waals surface area contributed by atoms with Crippen molar-refractivity contribution in [2.24, 2.45) is 0 Å². The quantitative estimate of drug-likeness (QED) is 0.554. The molecule has 0 amide bonds. The standard InChI is InChI=1S/C21H22Cl2FN5O2S/c1-10-19(23)20(32-28-10)27-21-25-6-11-4-14(22)13(5-16(11)26-21)12-2-3-29(7-15(12)24)17-8-31-9-18(17)30/h4-6,12,15,17-18,30H,2-3,7-9H2,1H3,(H,25,26,27)/t12-,15+,17+,18-/m0/s1. The number of likely N-dealkylation sites (tertiary alicyclic amines) is 1. The van der Waals surface area contributed by atoms with Crippen LogP contribution < -0.4 is 5.32 Å². The third kappa shape index (κ3) is 4.18. The highest BCUT2D eigenvalue weighted by Gasteiger charge is 2.39. The van der Waals surface area contributed by atoms with Crippen molar-refractivity contribution in [3.05, 3.63) is 39.6 Å². The van der Waals surface area contributed by atoms with Gasteiger partial charge in [0.25, 0.3) is 0 Å². The van der Waals surface area contributed by atoms with E-state index in [4.69, 9.17) is 27.9 Å². The van der Waals surface area contributed by atoms with Gasteiger partial charge in [0.15, 0.2) is 0 Å². The third-order valence-corrected chi connectivity index (χ3v) is 7.93. The monoisotopic (exact) mass is 497 g/mol. The van der Waals surface area contributed by atoms with E-state index < -0.39 is 12.3 Å². The lowest BCUT2D eigenvalue weighted by atomic mass is 9.86. The molecular weight excluding hydrogens is 476 g/mol. The van der Waals surface area contributed by atoms with Gasteiger partial charge in [-0.05, 0) is 49.1 Å². The Morgan fingerprint density at radius 1 is 1.31 bits per heavy atom. The van der Waals surface area contributed by atoms with Crippen LogP contribution in [0.4, 0.5) is 15.3 Å². The van der Waals surface area contributed by atoms with E-state index in [0.717, 1.165) is 16.6 Å². The van der Waals surface area contributed by atoms with Crippen LogP contribution in [0.25, 0.3) is 10.9 Å². The first-order valence-corrected chi connectivity index (χ1v) is 11.9.